The summed E-state index contributed by atoms with van der Waals surface area (Å²) in [7, 11) is 0. The third-order valence-electron chi connectivity index (χ3n) is 2.51. The van der Waals surface area contributed by atoms with Gasteiger partial charge >= 0.3 is 0 Å². The van der Waals surface area contributed by atoms with E-state index >= 15 is 0 Å². The van der Waals surface area contributed by atoms with Gasteiger partial charge in [0.15, 0.2) is 5.82 Å². The van der Waals surface area contributed by atoms with Crippen molar-refractivity contribution in [2.45, 2.75) is 0 Å². The van der Waals surface area contributed by atoms with Gasteiger partial charge in [0.2, 0.25) is 0 Å². The second-order valence-corrected chi connectivity index (χ2v) is 4.22. The number of aromatic nitrogens is 3. The van der Waals surface area contributed by atoms with E-state index in [1.165, 1.54) is 0 Å². The van der Waals surface area contributed by atoms with Gasteiger partial charge in [0, 0.05) is 17.8 Å². The van der Waals surface area contributed by atoms with Crippen LogP contribution < -0.4 is 5.32 Å². The predicted molar refractivity (Wildman–Crippen MR) is 80.8 cm³/mol. The number of hydrogen-bond acceptors (Lipinski definition) is 5. The summed E-state index contributed by atoms with van der Waals surface area (Å²) in [6, 6.07) is 9.39. The highest BCUT2D eigenvalue weighted by molar-refractivity contribution is 6.29. The topological polar surface area (TPSA) is 88.0 Å². The van der Waals surface area contributed by atoms with E-state index in [4.69, 9.17) is 21.5 Å². The molecule has 0 fully saturated rings. The number of hydrogen-bond donors (Lipinski definition) is 2. The Morgan fingerprint density at radius 3 is 2.62 bits per heavy atom. The molecule has 0 saturated heterocycles. The summed E-state index contributed by atoms with van der Waals surface area (Å²) >= 11 is 5.74. The predicted octanol–water partition coefficient (Wildman–Crippen LogP) is 3.12. The zero-order valence-electron chi connectivity index (χ0n) is 10.8. The van der Waals surface area contributed by atoms with Gasteiger partial charge in [0.1, 0.15) is 10.7 Å². The van der Waals surface area contributed by atoms with Crippen molar-refractivity contribution in [3.8, 4) is 0 Å². The van der Waals surface area contributed by atoms with Crippen molar-refractivity contribution in [3.63, 3.8) is 0 Å². The lowest BCUT2D eigenvalue weighted by molar-refractivity contribution is -0.122. The summed E-state index contributed by atoms with van der Waals surface area (Å²) in [4.78, 5) is 21.0. The van der Waals surface area contributed by atoms with Crippen molar-refractivity contribution >= 4 is 40.5 Å². The minimum atomic E-state index is -0.250. The molecule has 3 rings (SSSR count). The van der Waals surface area contributed by atoms with Gasteiger partial charge in [-0.05, 0) is 24.3 Å². The monoisotopic (exact) mass is 302 g/mol. The first-order valence-corrected chi connectivity index (χ1v) is 6.28. The molecular weight excluding hydrogens is 292 g/mol. The van der Waals surface area contributed by atoms with E-state index in [2.05, 4.69) is 20.3 Å². The lowest BCUT2D eigenvalue weighted by atomic mass is 10.2. The largest absolute Gasteiger partial charge is 0.483 e. The second-order valence-electron chi connectivity index (χ2n) is 3.83. The first-order chi connectivity index (χ1) is 10.2. The van der Waals surface area contributed by atoms with Gasteiger partial charge in [-0.3, -0.25) is 9.78 Å². The van der Waals surface area contributed by atoms with Gasteiger partial charge in [-0.2, -0.15) is 0 Å². The normalized spacial score (nSPS) is 9.57. The molecule has 3 aromatic rings. The highest BCUT2D eigenvalue weighted by Crippen LogP contribution is 2.22. The van der Waals surface area contributed by atoms with E-state index in [0.717, 1.165) is 16.6 Å². The molecule has 0 unspecified atom stereocenters. The molecule has 0 aliphatic carbocycles. The number of rotatable bonds is 2. The van der Waals surface area contributed by atoms with Crippen molar-refractivity contribution < 1.29 is 9.90 Å². The number of fused-ring (bicyclic) bond motifs is 1. The second kappa shape index (κ2) is 7.16. The number of carbonyl (C=O) groups is 1. The molecule has 0 saturated carbocycles. The Balaban J connectivity index is 0.000000497. The Hall–Kier alpha value is -2.73. The summed E-state index contributed by atoms with van der Waals surface area (Å²) in [5.74, 6) is 0.706. The van der Waals surface area contributed by atoms with E-state index in [0.29, 0.717) is 11.0 Å². The summed E-state index contributed by atoms with van der Waals surface area (Å²) in [5.41, 5.74) is 1.65. The highest BCUT2D eigenvalue weighted by atomic mass is 35.5. The number of carboxylic acid groups (broad SMARTS) is 1. The van der Waals surface area contributed by atoms with Crippen LogP contribution in [0.5, 0.6) is 0 Å². The van der Waals surface area contributed by atoms with E-state index in [1.807, 2.05) is 24.3 Å². The molecule has 0 spiro atoms. The summed E-state index contributed by atoms with van der Waals surface area (Å²) in [6.45, 7) is -0.250. The SMILES string of the molecule is Clc1ccc(Nc2nccc3cccnc23)cn1.O=CO. The lowest BCUT2D eigenvalue weighted by Crippen LogP contribution is -1.96. The maximum atomic E-state index is 8.36. The van der Waals surface area contributed by atoms with Gasteiger partial charge in [-0.15, -0.1) is 0 Å². The minimum absolute atomic E-state index is 0.250. The van der Waals surface area contributed by atoms with Gasteiger partial charge in [0.25, 0.3) is 6.47 Å². The summed E-state index contributed by atoms with van der Waals surface area (Å²) in [5, 5.41) is 11.6. The van der Waals surface area contributed by atoms with Crippen LogP contribution in [0.3, 0.4) is 0 Å². The Morgan fingerprint density at radius 1 is 1.10 bits per heavy atom. The molecule has 0 aliphatic heterocycles. The summed E-state index contributed by atoms with van der Waals surface area (Å²) < 4.78 is 0. The van der Waals surface area contributed by atoms with Crippen molar-refractivity contribution in [2.24, 2.45) is 0 Å². The number of nitrogens with one attached hydrogen (secondary N) is 1. The molecule has 0 aromatic carbocycles. The lowest BCUT2D eigenvalue weighted by Gasteiger charge is -2.07. The number of anilines is 2. The Morgan fingerprint density at radius 2 is 1.90 bits per heavy atom. The molecule has 0 atom stereocenters. The number of nitrogens with zero attached hydrogens (tertiary/aromatic N) is 3. The fourth-order valence-electron chi connectivity index (χ4n) is 1.68. The van der Waals surface area contributed by atoms with E-state index in [9.17, 15) is 0 Å². The summed E-state index contributed by atoms with van der Waals surface area (Å²) in [6.07, 6.45) is 5.15. The van der Waals surface area contributed by atoms with Gasteiger partial charge < -0.3 is 10.4 Å². The Kier molecular flexibility index (Phi) is 5.00. The first-order valence-electron chi connectivity index (χ1n) is 5.91. The van der Waals surface area contributed by atoms with Crippen LogP contribution in [0.2, 0.25) is 5.15 Å². The fourth-order valence-corrected chi connectivity index (χ4v) is 1.79. The third kappa shape index (κ3) is 3.87. The van der Waals surface area contributed by atoms with Crippen molar-refractivity contribution in [1.82, 2.24) is 15.0 Å². The molecule has 0 amide bonds. The van der Waals surface area contributed by atoms with Crippen LogP contribution in [0.1, 0.15) is 0 Å². The minimum Gasteiger partial charge on any atom is -0.483 e. The van der Waals surface area contributed by atoms with Gasteiger partial charge in [-0.1, -0.05) is 17.7 Å². The van der Waals surface area contributed by atoms with Crippen LogP contribution in [-0.4, -0.2) is 26.5 Å². The van der Waals surface area contributed by atoms with Crippen LogP contribution in [0.4, 0.5) is 11.5 Å². The van der Waals surface area contributed by atoms with Crippen LogP contribution in [0.15, 0.2) is 48.9 Å². The Labute approximate surface area is 125 Å². The van der Waals surface area contributed by atoms with Crippen molar-refractivity contribution in [1.29, 1.82) is 0 Å². The molecule has 21 heavy (non-hydrogen) atoms. The van der Waals surface area contributed by atoms with E-state index in [1.54, 1.807) is 24.7 Å². The maximum Gasteiger partial charge on any atom is 0.290 e. The molecule has 6 nitrogen and oxygen atoms in total. The quantitative estimate of drug-likeness (QED) is 0.558. The van der Waals surface area contributed by atoms with E-state index < -0.39 is 0 Å². The van der Waals surface area contributed by atoms with Gasteiger partial charge in [-0.25, -0.2) is 9.97 Å². The maximum absolute atomic E-state index is 8.36. The average molecular weight is 303 g/mol. The molecule has 0 bridgehead atoms. The Bertz CT molecular complexity index is 729. The number of halogens is 1. The molecule has 0 radical (unpaired) electrons. The first kappa shape index (κ1) is 14.7. The molecule has 2 N–H and O–H groups in total. The number of pyridine rings is 3. The van der Waals surface area contributed by atoms with Crippen LogP contribution in [0.25, 0.3) is 10.9 Å². The molecule has 106 valence electrons. The molecule has 7 heteroatoms. The van der Waals surface area contributed by atoms with Crippen LogP contribution >= 0.6 is 11.6 Å². The van der Waals surface area contributed by atoms with Crippen molar-refractivity contribution in [2.75, 3.05) is 5.32 Å². The highest BCUT2D eigenvalue weighted by Gasteiger charge is 2.03. The zero-order chi connectivity index (χ0) is 15.1. The van der Waals surface area contributed by atoms with Gasteiger partial charge in [0.05, 0.1) is 11.9 Å². The smallest absolute Gasteiger partial charge is 0.290 e. The van der Waals surface area contributed by atoms with Crippen molar-refractivity contribution in [3.05, 3.63) is 54.1 Å². The third-order valence-corrected chi connectivity index (χ3v) is 2.73. The zero-order valence-corrected chi connectivity index (χ0v) is 11.5. The fraction of sp³-hybridized carbons (Fsp3) is 0. The molecule has 3 aromatic heterocycles. The standard InChI is InChI=1S/C13H9ClN4.CH2O2/c14-11-4-3-10(8-17-11)18-13-12-9(5-7-16-13)2-1-6-15-12;2-1-3/h1-8H,(H,16,18);1H,(H,2,3). The molecule has 0 aliphatic rings. The average Bonchev–Trinajstić information content (AvgIpc) is 2.51. The molecule has 3 heterocycles. The molecular formula is C14H11ClN4O2. The van der Waals surface area contributed by atoms with E-state index in [-0.39, 0.29) is 6.47 Å². The van der Waals surface area contributed by atoms with Crippen LogP contribution in [-0.2, 0) is 4.79 Å². The van der Waals surface area contributed by atoms with Crippen LogP contribution in [0, 0.1) is 0 Å².